The van der Waals surface area contributed by atoms with Crippen molar-refractivity contribution in [2.45, 2.75) is 19.3 Å². The van der Waals surface area contributed by atoms with E-state index < -0.39 is 5.97 Å². The molecule has 8 nitrogen and oxygen atoms in total. The number of H-pyrrole nitrogens is 1. The molecule has 0 spiro atoms. The van der Waals surface area contributed by atoms with Gasteiger partial charge in [0.05, 0.1) is 24.8 Å². The first-order valence-electron chi connectivity index (χ1n) is 11.1. The van der Waals surface area contributed by atoms with Gasteiger partial charge in [0, 0.05) is 62.1 Å². The number of rotatable bonds is 9. The Bertz CT molecular complexity index is 1110. The van der Waals surface area contributed by atoms with Crippen LogP contribution in [-0.4, -0.2) is 66.6 Å². The number of halogens is 1. The van der Waals surface area contributed by atoms with E-state index >= 15 is 0 Å². The number of carbonyl (C=O) groups is 1. The van der Waals surface area contributed by atoms with Gasteiger partial charge in [0.2, 0.25) is 0 Å². The average molecular weight is 457 g/mol. The molecule has 2 N–H and O–H groups in total. The van der Waals surface area contributed by atoms with Gasteiger partial charge < -0.3 is 24.5 Å². The van der Waals surface area contributed by atoms with Crippen LogP contribution in [0.4, 0.5) is 10.2 Å². The molecule has 0 bridgehead atoms. The van der Waals surface area contributed by atoms with E-state index in [1.165, 1.54) is 6.07 Å². The molecule has 1 aliphatic heterocycles. The Labute approximate surface area is 191 Å². The molecule has 3 heterocycles. The second-order valence-corrected chi connectivity index (χ2v) is 8.51. The molecular formula is C24H29FN4O4. The quantitative estimate of drug-likeness (QED) is 0.508. The normalized spacial score (nSPS) is 15.0. The fraction of sp³-hybridized carbons (Fsp3) is 0.458. The van der Waals surface area contributed by atoms with Crippen molar-refractivity contribution in [1.82, 2.24) is 15.0 Å². The molecule has 1 fully saturated rings. The maximum absolute atomic E-state index is 14.7. The molecule has 33 heavy (non-hydrogen) atoms. The van der Waals surface area contributed by atoms with Gasteiger partial charge in [-0.3, -0.25) is 9.78 Å². The number of carboxylic acid groups (broad SMARTS) is 1. The van der Waals surface area contributed by atoms with Crippen LogP contribution in [0.1, 0.15) is 18.5 Å². The standard InChI is InChI=1S/C24H29FN4O4/c1-32-13-15(14-33-2)9-18-12-27-22(17-10-20(25)19-3-6-26-21(19)11-17)23(28-18)29-7-4-16(5-8-29)24(30)31/h3,6,10-12,15-16,26H,4-5,7-9,13-14H2,1-2H3,(H,30,31). The Morgan fingerprint density at radius 1 is 1.27 bits per heavy atom. The molecule has 1 saturated heterocycles. The molecule has 1 aromatic carbocycles. The van der Waals surface area contributed by atoms with E-state index in [0.29, 0.717) is 73.5 Å². The summed E-state index contributed by atoms with van der Waals surface area (Å²) in [4.78, 5) is 26.1. The van der Waals surface area contributed by atoms with Crippen LogP contribution < -0.4 is 4.90 Å². The minimum atomic E-state index is -0.768. The summed E-state index contributed by atoms with van der Waals surface area (Å²) in [5.74, 6) is -0.684. The third kappa shape index (κ3) is 5.15. The highest BCUT2D eigenvalue weighted by Crippen LogP contribution is 2.33. The fourth-order valence-corrected chi connectivity index (χ4v) is 4.47. The van der Waals surface area contributed by atoms with Gasteiger partial charge in [0.1, 0.15) is 11.5 Å². The van der Waals surface area contributed by atoms with Crippen molar-refractivity contribution in [3.63, 3.8) is 0 Å². The summed E-state index contributed by atoms with van der Waals surface area (Å²) >= 11 is 0. The van der Waals surface area contributed by atoms with E-state index in [1.54, 1.807) is 32.7 Å². The van der Waals surface area contributed by atoms with Crippen molar-refractivity contribution in [2.75, 3.05) is 45.4 Å². The Hall–Kier alpha value is -3.04. The Morgan fingerprint density at radius 3 is 2.67 bits per heavy atom. The molecule has 4 rings (SSSR count). The van der Waals surface area contributed by atoms with Crippen LogP contribution in [0.3, 0.4) is 0 Å². The van der Waals surface area contributed by atoms with Crippen LogP contribution in [0.25, 0.3) is 22.2 Å². The van der Waals surface area contributed by atoms with Crippen molar-refractivity contribution >= 4 is 22.7 Å². The van der Waals surface area contributed by atoms with Gasteiger partial charge in [0.15, 0.2) is 5.82 Å². The lowest BCUT2D eigenvalue weighted by Crippen LogP contribution is -2.37. The van der Waals surface area contributed by atoms with Crippen molar-refractivity contribution < 1.29 is 23.8 Å². The van der Waals surface area contributed by atoms with E-state index in [9.17, 15) is 14.3 Å². The first-order valence-corrected chi connectivity index (χ1v) is 11.1. The number of nitrogens with one attached hydrogen (secondary N) is 1. The monoisotopic (exact) mass is 456 g/mol. The van der Waals surface area contributed by atoms with Gasteiger partial charge in [-0.25, -0.2) is 9.37 Å². The molecule has 1 aliphatic rings. The minimum Gasteiger partial charge on any atom is -0.481 e. The number of aromatic nitrogens is 3. The Balaban J connectivity index is 1.71. The summed E-state index contributed by atoms with van der Waals surface area (Å²) in [6.07, 6.45) is 5.10. The third-order valence-electron chi connectivity index (χ3n) is 6.14. The zero-order valence-corrected chi connectivity index (χ0v) is 18.9. The maximum atomic E-state index is 14.7. The van der Waals surface area contributed by atoms with Gasteiger partial charge in [0.25, 0.3) is 0 Å². The lowest BCUT2D eigenvalue weighted by Gasteiger charge is -2.32. The number of aromatic amines is 1. The van der Waals surface area contributed by atoms with E-state index in [-0.39, 0.29) is 17.7 Å². The largest absolute Gasteiger partial charge is 0.481 e. The molecule has 0 atom stereocenters. The highest BCUT2D eigenvalue weighted by molar-refractivity contribution is 5.87. The number of anilines is 1. The lowest BCUT2D eigenvalue weighted by molar-refractivity contribution is -0.142. The molecule has 0 amide bonds. The highest BCUT2D eigenvalue weighted by Gasteiger charge is 2.28. The van der Waals surface area contributed by atoms with Gasteiger partial charge in [-0.2, -0.15) is 0 Å². The van der Waals surface area contributed by atoms with E-state index in [0.717, 1.165) is 5.69 Å². The minimum absolute atomic E-state index is 0.124. The number of ether oxygens (including phenoxy) is 2. The summed E-state index contributed by atoms with van der Waals surface area (Å²) in [5.41, 5.74) is 2.68. The number of methoxy groups -OCH3 is 2. The van der Waals surface area contributed by atoms with Crippen molar-refractivity contribution in [3.8, 4) is 11.3 Å². The first-order chi connectivity index (χ1) is 16.0. The van der Waals surface area contributed by atoms with E-state index in [2.05, 4.69) is 9.88 Å². The predicted octanol–water partition coefficient (Wildman–Crippen LogP) is 3.52. The number of hydrogen-bond donors (Lipinski definition) is 2. The second kappa shape index (κ2) is 10.3. The molecule has 0 unspecified atom stereocenters. The SMILES string of the molecule is COCC(COC)Cc1cnc(-c2cc(F)c3cc[nH]c3c2)c(N2CCC(C(=O)O)CC2)n1. The Morgan fingerprint density at radius 2 is 2.00 bits per heavy atom. The Kier molecular flexibility index (Phi) is 7.20. The molecule has 3 aromatic rings. The zero-order valence-electron chi connectivity index (χ0n) is 18.9. The van der Waals surface area contributed by atoms with Crippen LogP contribution in [-0.2, 0) is 20.7 Å². The van der Waals surface area contributed by atoms with Crippen molar-refractivity contribution in [3.05, 3.63) is 42.1 Å². The van der Waals surface area contributed by atoms with E-state index in [4.69, 9.17) is 19.4 Å². The number of benzene rings is 1. The highest BCUT2D eigenvalue weighted by atomic mass is 19.1. The number of fused-ring (bicyclic) bond motifs is 1. The molecule has 0 radical (unpaired) electrons. The molecular weight excluding hydrogens is 427 g/mol. The van der Waals surface area contributed by atoms with Gasteiger partial charge in [-0.1, -0.05) is 0 Å². The number of nitrogens with zero attached hydrogens (tertiary/aromatic N) is 3. The molecule has 0 aliphatic carbocycles. The van der Waals surface area contributed by atoms with Crippen LogP contribution in [0.2, 0.25) is 0 Å². The number of piperidine rings is 1. The van der Waals surface area contributed by atoms with Gasteiger partial charge in [-0.15, -0.1) is 0 Å². The number of hydrogen-bond acceptors (Lipinski definition) is 6. The fourth-order valence-electron chi connectivity index (χ4n) is 4.47. The second-order valence-electron chi connectivity index (χ2n) is 8.51. The van der Waals surface area contributed by atoms with Crippen LogP contribution in [0, 0.1) is 17.7 Å². The first kappa shape index (κ1) is 23.1. The molecule has 9 heteroatoms. The van der Waals surface area contributed by atoms with E-state index in [1.807, 2.05) is 6.07 Å². The maximum Gasteiger partial charge on any atom is 0.306 e. The smallest absolute Gasteiger partial charge is 0.306 e. The third-order valence-corrected chi connectivity index (χ3v) is 6.14. The van der Waals surface area contributed by atoms with Gasteiger partial charge in [-0.05, 0) is 37.5 Å². The summed E-state index contributed by atoms with van der Waals surface area (Å²) < 4.78 is 25.3. The summed E-state index contributed by atoms with van der Waals surface area (Å²) in [6, 6.07) is 5.05. The predicted molar refractivity (Wildman–Crippen MR) is 123 cm³/mol. The average Bonchev–Trinajstić information content (AvgIpc) is 3.29. The van der Waals surface area contributed by atoms with Crippen molar-refractivity contribution in [2.24, 2.45) is 11.8 Å². The number of carboxylic acids is 1. The topological polar surface area (TPSA) is 101 Å². The van der Waals surface area contributed by atoms with Crippen LogP contribution in [0.15, 0.2) is 30.6 Å². The lowest BCUT2D eigenvalue weighted by atomic mass is 9.96. The summed E-state index contributed by atoms with van der Waals surface area (Å²) in [6.45, 7) is 2.17. The summed E-state index contributed by atoms with van der Waals surface area (Å²) in [5, 5.41) is 9.89. The van der Waals surface area contributed by atoms with Gasteiger partial charge >= 0.3 is 5.97 Å². The number of aliphatic carboxylic acids is 1. The van der Waals surface area contributed by atoms with Crippen LogP contribution in [0.5, 0.6) is 0 Å². The summed E-state index contributed by atoms with van der Waals surface area (Å²) in [7, 11) is 3.31. The zero-order chi connectivity index (χ0) is 23.4. The molecule has 0 saturated carbocycles. The van der Waals surface area contributed by atoms with Crippen molar-refractivity contribution in [1.29, 1.82) is 0 Å². The van der Waals surface area contributed by atoms with Crippen LogP contribution >= 0.6 is 0 Å². The molecule has 2 aromatic heterocycles. The molecule has 176 valence electrons.